The van der Waals surface area contributed by atoms with Crippen LogP contribution < -0.4 is 5.32 Å². The van der Waals surface area contributed by atoms with Gasteiger partial charge in [0.25, 0.3) is 0 Å². The fourth-order valence-electron chi connectivity index (χ4n) is 1.01. The van der Waals surface area contributed by atoms with Crippen molar-refractivity contribution in [1.29, 1.82) is 0 Å². The van der Waals surface area contributed by atoms with Gasteiger partial charge in [0.15, 0.2) is 0 Å². The van der Waals surface area contributed by atoms with Crippen molar-refractivity contribution in [2.75, 3.05) is 32.4 Å². The van der Waals surface area contributed by atoms with Crippen LogP contribution in [0, 0.1) is 0 Å². The molecule has 1 rings (SSSR count). The lowest BCUT2D eigenvalue weighted by Gasteiger charge is -2.29. The molecule has 0 aliphatic carbocycles. The maximum atomic E-state index is 3.16. The van der Waals surface area contributed by atoms with E-state index in [9.17, 15) is 0 Å². The second kappa shape index (κ2) is 5.86. The highest BCUT2D eigenvalue weighted by atomic mass is 32.2. The minimum atomic E-state index is 1.17. The molecule has 0 atom stereocenters. The highest BCUT2D eigenvalue weighted by Gasteiger charge is 2.12. The van der Waals surface area contributed by atoms with E-state index in [0.717, 1.165) is 0 Å². The molecule has 0 spiro atoms. The number of unbranched alkanes of at least 4 members (excludes halogenated alkanes) is 1. The quantitative estimate of drug-likeness (QED) is 0.483. The molecule has 1 aliphatic heterocycles. The Morgan fingerprint density at radius 3 is 2.73 bits per heavy atom. The van der Waals surface area contributed by atoms with Crippen LogP contribution in [0.4, 0.5) is 0 Å². The zero-order valence-corrected chi connectivity index (χ0v) is 8.12. The van der Waals surface area contributed by atoms with Crippen LogP contribution in [-0.2, 0) is 0 Å². The monoisotopic (exact) mass is 174 g/mol. The molecule has 1 N–H and O–H groups in total. The van der Waals surface area contributed by atoms with Crippen molar-refractivity contribution in [3.63, 3.8) is 0 Å². The normalized spacial score (nSPS) is 18.3. The van der Waals surface area contributed by atoms with E-state index < -0.39 is 0 Å². The summed E-state index contributed by atoms with van der Waals surface area (Å²) in [5.74, 6) is 1.31. The van der Waals surface area contributed by atoms with Crippen molar-refractivity contribution >= 4 is 11.9 Å². The molecule has 0 aromatic carbocycles. The Kier molecular flexibility index (Phi) is 4.99. The zero-order chi connectivity index (χ0) is 7.94. The van der Waals surface area contributed by atoms with Gasteiger partial charge in [0, 0.05) is 18.8 Å². The predicted octanol–water partition coefficient (Wildman–Crippen LogP) is 1.34. The van der Waals surface area contributed by atoms with E-state index in [4.69, 9.17) is 0 Å². The first kappa shape index (κ1) is 9.36. The predicted molar refractivity (Wildman–Crippen MR) is 51.8 cm³/mol. The Bertz CT molecular complexity index is 94.1. The minimum Gasteiger partial charge on any atom is -0.320 e. The average molecular weight is 174 g/mol. The number of nitrogens with one attached hydrogen (secondary N) is 1. The van der Waals surface area contributed by atoms with E-state index in [2.05, 4.69) is 9.62 Å². The van der Waals surface area contributed by atoms with Crippen LogP contribution >= 0.6 is 11.9 Å². The molecule has 1 aliphatic rings. The average Bonchev–Trinajstić information content (AvgIpc) is 1.93. The van der Waals surface area contributed by atoms with Crippen LogP contribution in [0.1, 0.15) is 19.3 Å². The summed E-state index contributed by atoms with van der Waals surface area (Å²) in [6.07, 6.45) is 4.07. The van der Waals surface area contributed by atoms with E-state index in [1.807, 2.05) is 19.0 Å². The second-order valence-electron chi connectivity index (χ2n) is 2.93. The van der Waals surface area contributed by atoms with E-state index in [-0.39, 0.29) is 0 Å². The van der Waals surface area contributed by atoms with Gasteiger partial charge < -0.3 is 5.32 Å². The third kappa shape index (κ3) is 3.99. The highest BCUT2D eigenvalue weighted by molar-refractivity contribution is 7.97. The van der Waals surface area contributed by atoms with E-state index in [0.29, 0.717) is 0 Å². The fourth-order valence-corrected chi connectivity index (χ4v) is 2.12. The molecule has 1 heterocycles. The lowest BCUT2D eigenvalue weighted by Crippen LogP contribution is -2.30. The van der Waals surface area contributed by atoms with Gasteiger partial charge in [0.2, 0.25) is 0 Å². The minimum absolute atomic E-state index is 1.17. The van der Waals surface area contributed by atoms with Crippen LogP contribution in [0.2, 0.25) is 0 Å². The summed E-state index contributed by atoms with van der Waals surface area (Å²) >= 11 is 2.02. The highest BCUT2D eigenvalue weighted by Crippen LogP contribution is 2.19. The second-order valence-corrected chi connectivity index (χ2v) is 4.11. The summed E-state index contributed by atoms with van der Waals surface area (Å²) in [7, 11) is 2.02. The Labute approximate surface area is 73.9 Å². The largest absolute Gasteiger partial charge is 0.320 e. The Morgan fingerprint density at radius 1 is 1.36 bits per heavy atom. The Morgan fingerprint density at radius 2 is 2.18 bits per heavy atom. The van der Waals surface area contributed by atoms with Crippen molar-refractivity contribution in [1.82, 2.24) is 9.62 Å². The first-order valence-corrected chi connectivity index (χ1v) is 5.40. The van der Waals surface area contributed by atoms with Crippen molar-refractivity contribution in [3.05, 3.63) is 0 Å². The first-order valence-electron chi connectivity index (χ1n) is 4.46. The maximum absolute atomic E-state index is 3.16. The molecule has 0 saturated carbocycles. The topological polar surface area (TPSA) is 15.3 Å². The van der Waals surface area contributed by atoms with Gasteiger partial charge in [-0.05, 0) is 32.9 Å². The summed E-state index contributed by atoms with van der Waals surface area (Å²) in [5, 5.41) is 3.16. The van der Waals surface area contributed by atoms with Gasteiger partial charge >= 0.3 is 0 Å². The smallest absolute Gasteiger partial charge is 0.0102 e. The standard InChI is InChI=1S/C8H18N2S/c1-9-5-2-3-8-11-10-6-4-7-10/h9H,2-8H2,1H3. The van der Waals surface area contributed by atoms with Gasteiger partial charge in [-0.1, -0.05) is 11.9 Å². The summed E-state index contributed by atoms with van der Waals surface area (Å²) in [6.45, 7) is 3.80. The first-order chi connectivity index (χ1) is 5.43. The number of rotatable bonds is 6. The summed E-state index contributed by atoms with van der Waals surface area (Å²) < 4.78 is 2.46. The van der Waals surface area contributed by atoms with Crippen molar-refractivity contribution in [2.45, 2.75) is 19.3 Å². The summed E-state index contributed by atoms with van der Waals surface area (Å²) in [6, 6.07) is 0. The summed E-state index contributed by atoms with van der Waals surface area (Å²) in [4.78, 5) is 0. The van der Waals surface area contributed by atoms with Crippen LogP contribution in [-0.4, -0.2) is 36.7 Å². The van der Waals surface area contributed by atoms with Gasteiger partial charge in [0.1, 0.15) is 0 Å². The third-order valence-electron chi connectivity index (χ3n) is 1.91. The number of hydrogen-bond donors (Lipinski definition) is 1. The molecule has 0 bridgehead atoms. The molecule has 1 saturated heterocycles. The van der Waals surface area contributed by atoms with Crippen LogP contribution in [0.3, 0.4) is 0 Å². The van der Waals surface area contributed by atoms with Gasteiger partial charge in [0.05, 0.1) is 0 Å². The molecule has 3 heteroatoms. The van der Waals surface area contributed by atoms with Crippen molar-refractivity contribution in [3.8, 4) is 0 Å². The number of hydrogen-bond acceptors (Lipinski definition) is 3. The van der Waals surface area contributed by atoms with E-state index in [1.165, 1.54) is 44.6 Å². The zero-order valence-electron chi connectivity index (χ0n) is 7.31. The number of nitrogens with zero attached hydrogens (tertiary/aromatic N) is 1. The van der Waals surface area contributed by atoms with Crippen LogP contribution in [0.5, 0.6) is 0 Å². The maximum Gasteiger partial charge on any atom is 0.0102 e. The molecule has 0 aromatic heterocycles. The Hall–Kier alpha value is 0.270. The molecule has 0 radical (unpaired) electrons. The lowest BCUT2D eigenvalue weighted by atomic mass is 10.3. The fraction of sp³-hybridized carbons (Fsp3) is 1.00. The third-order valence-corrected chi connectivity index (χ3v) is 3.11. The van der Waals surface area contributed by atoms with Crippen molar-refractivity contribution in [2.24, 2.45) is 0 Å². The molecule has 11 heavy (non-hydrogen) atoms. The Balaban J connectivity index is 1.73. The van der Waals surface area contributed by atoms with Crippen LogP contribution in [0.25, 0.3) is 0 Å². The van der Waals surface area contributed by atoms with E-state index in [1.54, 1.807) is 0 Å². The molecular weight excluding hydrogens is 156 g/mol. The van der Waals surface area contributed by atoms with Gasteiger partial charge in [-0.25, -0.2) is 0 Å². The van der Waals surface area contributed by atoms with Gasteiger partial charge in [-0.3, -0.25) is 4.31 Å². The van der Waals surface area contributed by atoms with Crippen molar-refractivity contribution < 1.29 is 0 Å². The molecule has 66 valence electrons. The SMILES string of the molecule is CNCCCCSN1CCC1. The molecule has 0 aromatic rings. The van der Waals surface area contributed by atoms with E-state index >= 15 is 0 Å². The molecule has 1 fully saturated rings. The van der Waals surface area contributed by atoms with Crippen LogP contribution in [0.15, 0.2) is 0 Å². The molecular formula is C8H18N2S. The summed E-state index contributed by atoms with van der Waals surface area (Å²) in [5.41, 5.74) is 0. The van der Waals surface area contributed by atoms with Gasteiger partial charge in [-0.15, -0.1) is 0 Å². The van der Waals surface area contributed by atoms with Gasteiger partial charge in [-0.2, -0.15) is 0 Å². The molecule has 2 nitrogen and oxygen atoms in total. The molecule has 0 unspecified atom stereocenters. The molecule has 0 amide bonds. The lowest BCUT2D eigenvalue weighted by molar-refractivity contribution is 0.343.